The van der Waals surface area contributed by atoms with Crippen LogP contribution >= 0.6 is 12.4 Å². The van der Waals surface area contributed by atoms with Crippen LogP contribution in [-0.2, 0) is 7.05 Å². The maximum atomic E-state index is 13.2. The first-order valence-corrected chi connectivity index (χ1v) is 9.04. The van der Waals surface area contributed by atoms with Crippen molar-refractivity contribution in [3.8, 4) is 11.3 Å². The fourth-order valence-corrected chi connectivity index (χ4v) is 3.68. The third-order valence-electron chi connectivity index (χ3n) is 5.15. The molecule has 0 spiro atoms. The van der Waals surface area contributed by atoms with Gasteiger partial charge >= 0.3 is 0 Å². The van der Waals surface area contributed by atoms with Crippen LogP contribution in [0.3, 0.4) is 0 Å². The number of amides is 1. The Morgan fingerprint density at radius 3 is 2.82 bits per heavy atom. The zero-order valence-electron chi connectivity index (χ0n) is 16.1. The summed E-state index contributed by atoms with van der Waals surface area (Å²) in [6, 6.07) is 5.68. The summed E-state index contributed by atoms with van der Waals surface area (Å²) in [5.74, 6) is -0.0525. The molecule has 1 aliphatic heterocycles. The Morgan fingerprint density at radius 1 is 1.32 bits per heavy atom. The summed E-state index contributed by atoms with van der Waals surface area (Å²) in [7, 11) is 1.91. The molecule has 3 aromatic rings. The van der Waals surface area contributed by atoms with E-state index in [0.29, 0.717) is 18.8 Å². The van der Waals surface area contributed by atoms with E-state index in [1.54, 1.807) is 6.20 Å². The lowest BCUT2D eigenvalue weighted by atomic mass is 10.0. The molecular formula is C19H24ClN7O. The maximum absolute atomic E-state index is 13.2. The van der Waals surface area contributed by atoms with Gasteiger partial charge in [0.2, 0.25) is 0 Å². The Kier molecular flexibility index (Phi) is 5.81. The largest absolute Gasteiger partial charge is 0.328 e. The van der Waals surface area contributed by atoms with Crippen LogP contribution in [-0.4, -0.2) is 55.4 Å². The molecule has 1 saturated heterocycles. The van der Waals surface area contributed by atoms with Gasteiger partial charge < -0.3 is 10.2 Å². The first-order valence-electron chi connectivity index (χ1n) is 9.04. The summed E-state index contributed by atoms with van der Waals surface area (Å²) in [5, 5.41) is 15.1. The van der Waals surface area contributed by atoms with Crippen molar-refractivity contribution in [3.63, 3.8) is 0 Å². The number of carbonyl (C=O) groups is 1. The molecule has 1 fully saturated rings. The Labute approximate surface area is 169 Å². The lowest BCUT2D eigenvalue weighted by Crippen LogP contribution is -2.48. The SMILES string of the molecule is Cc1nn(C)c(C)c1-c1cc(C(=O)N2CCNCC2c2cccnc2)[nH]n1.Cl. The molecule has 148 valence electrons. The van der Waals surface area contributed by atoms with Crippen LogP contribution in [0.5, 0.6) is 0 Å². The molecule has 1 amide bonds. The van der Waals surface area contributed by atoms with Gasteiger partial charge in [0.25, 0.3) is 5.91 Å². The minimum atomic E-state index is -0.0525. The highest BCUT2D eigenvalue weighted by molar-refractivity contribution is 5.94. The third kappa shape index (κ3) is 3.53. The number of hydrogen-bond donors (Lipinski definition) is 2. The summed E-state index contributed by atoms with van der Waals surface area (Å²) in [6.07, 6.45) is 3.56. The van der Waals surface area contributed by atoms with Crippen LogP contribution in [0.4, 0.5) is 0 Å². The molecule has 0 aromatic carbocycles. The quantitative estimate of drug-likeness (QED) is 0.700. The van der Waals surface area contributed by atoms with Crippen LogP contribution in [0.25, 0.3) is 11.3 Å². The van der Waals surface area contributed by atoms with Crippen molar-refractivity contribution in [3.05, 3.63) is 53.2 Å². The molecule has 1 unspecified atom stereocenters. The number of piperazine rings is 1. The van der Waals surface area contributed by atoms with Crippen LogP contribution in [0.2, 0.25) is 0 Å². The van der Waals surface area contributed by atoms with Crippen LogP contribution in [0, 0.1) is 13.8 Å². The second-order valence-electron chi connectivity index (χ2n) is 6.84. The number of pyridine rings is 1. The van der Waals surface area contributed by atoms with E-state index in [9.17, 15) is 4.79 Å². The normalized spacial score (nSPS) is 16.7. The fraction of sp³-hybridized carbons (Fsp3) is 0.368. The Hall–Kier alpha value is -2.71. The average molecular weight is 402 g/mol. The van der Waals surface area contributed by atoms with Gasteiger partial charge in [-0.05, 0) is 31.5 Å². The standard InChI is InChI=1S/C19H23N7O.ClH/c1-12-18(13(2)25(3)24-12)15-9-16(23-22-15)19(27)26-8-7-21-11-17(26)14-5-4-6-20-10-14;/h4-6,9-10,17,21H,7-8,11H2,1-3H3,(H,22,23);1H. The molecule has 0 bridgehead atoms. The number of aromatic amines is 1. The van der Waals surface area contributed by atoms with Crippen LogP contribution < -0.4 is 5.32 Å². The number of aryl methyl sites for hydroxylation is 2. The number of rotatable bonds is 3. The molecule has 8 nitrogen and oxygen atoms in total. The van der Waals surface area contributed by atoms with E-state index in [1.165, 1.54) is 0 Å². The van der Waals surface area contributed by atoms with E-state index in [-0.39, 0.29) is 24.4 Å². The van der Waals surface area contributed by atoms with E-state index in [0.717, 1.165) is 34.8 Å². The molecular weight excluding hydrogens is 378 g/mol. The third-order valence-corrected chi connectivity index (χ3v) is 5.15. The molecule has 1 aliphatic rings. The molecule has 1 atom stereocenters. The lowest BCUT2D eigenvalue weighted by Gasteiger charge is -2.36. The van der Waals surface area contributed by atoms with Gasteiger partial charge in [0.05, 0.1) is 17.4 Å². The Morgan fingerprint density at radius 2 is 2.14 bits per heavy atom. The van der Waals surface area contributed by atoms with Crippen molar-refractivity contribution in [1.82, 2.24) is 35.2 Å². The van der Waals surface area contributed by atoms with E-state index < -0.39 is 0 Å². The van der Waals surface area contributed by atoms with E-state index in [2.05, 4.69) is 25.6 Å². The highest BCUT2D eigenvalue weighted by Gasteiger charge is 2.30. The number of aromatic nitrogens is 5. The second-order valence-corrected chi connectivity index (χ2v) is 6.84. The predicted octanol–water partition coefficient (Wildman–Crippen LogP) is 2.03. The Balaban J connectivity index is 0.00000225. The monoisotopic (exact) mass is 401 g/mol. The summed E-state index contributed by atoms with van der Waals surface area (Å²) < 4.78 is 1.83. The fourth-order valence-electron chi connectivity index (χ4n) is 3.68. The van der Waals surface area contributed by atoms with Gasteiger partial charge in [-0.1, -0.05) is 6.07 Å². The smallest absolute Gasteiger partial charge is 0.272 e. The molecule has 0 aliphatic carbocycles. The molecule has 4 rings (SSSR count). The van der Waals surface area contributed by atoms with E-state index >= 15 is 0 Å². The van der Waals surface area contributed by atoms with E-state index in [4.69, 9.17) is 0 Å². The first-order chi connectivity index (χ1) is 13.1. The van der Waals surface area contributed by atoms with Gasteiger partial charge in [0.15, 0.2) is 0 Å². The zero-order chi connectivity index (χ0) is 19.0. The lowest BCUT2D eigenvalue weighted by molar-refractivity contribution is 0.0628. The predicted molar refractivity (Wildman–Crippen MR) is 108 cm³/mol. The summed E-state index contributed by atoms with van der Waals surface area (Å²) in [6.45, 7) is 6.06. The Bertz CT molecular complexity index is 966. The van der Waals surface area contributed by atoms with Gasteiger partial charge in [-0.15, -0.1) is 12.4 Å². The maximum Gasteiger partial charge on any atom is 0.272 e. The summed E-state index contributed by atoms with van der Waals surface area (Å²) >= 11 is 0. The van der Waals surface area contributed by atoms with Gasteiger partial charge in [-0.3, -0.25) is 19.6 Å². The van der Waals surface area contributed by atoms with Crippen molar-refractivity contribution in [2.24, 2.45) is 7.05 Å². The number of H-pyrrole nitrogens is 1. The number of carbonyl (C=O) groups excluding carboxylic acids is 1. The van der Waals surface area contributed by atoms with Crippen molar-refractivity contribution >= 4 is 18.3 Å². The number of hydrogen-bond acceptors (Lipinski definition) is 5. The number of halogens is 1. The molecule has 3 aromatic heterocycles. The molecule has 2 N–H and O–H groups in total. The van der Waals surface area contributed by atoms with Crippen molar-refractivity contribution in [2.75, 3.05) is 19.6 Å². The van der Waals surface area contributed by atoms with Crippen molar-refractivity contribution < 1.29 is 4.79 Å². The van der Waals surface area contributed by atoms with Gasteiger partial charge in [0.1, 0.15) is 5.69 Å². The van der Waals surface area contributed by atoms with Crippen molar-refractivity contribution in [2.45, 2.75) is 19.9 Å². The van der Waals surface area contributed by atoms with Crippen LogP contribution in [0.1, 0.15) is 33.5 Å². The summed E-state index contributed by atoms with van der Waals surface area (Å²) in [5.41, 5.74) is 5.15. The average Bonchev–Trinajstić information content (AvgIpc) is 3.26. The second kappa shape index (κ2) is 8.12. The van der Waals surface area contributed by atoms with Gasteiger partial charge in [0, 0.05) is 50.3 Å². The van der Waals surface area contributed by atoms with Gasteiger partial charge in [-0.25, -0.2) is 0 Å². The number of nitrogens with one attached hydrogen (secondary N) is 2. The molecule has 0 saturated carbocycles. The first kappa shape index (κ1) is 20.0. The minimum absolute atomic E-state index is 0. The zero-order valence-corrected chi connectivity index (χ0v) is 17.0. The highest BCUT2D eigenvalue weighted by atomic mass is 35.5. The van der Waals surface area contributed by atoms with Crippen molar-refractivity contribution in [1.29, 1.82) is 0 Å². The number of nitrogens with zero attached hydrogens (tertiary/aromatic N) is 5. The molecule has 28 heavy (non-hydrogen) atoms. The molecule has 4 heterocycles. The van der Waals surface area contributed by atoms with Crippen LogP contribution in [0.15, 0.2) is 30.6 Å². The van der Waals surface area contributed by atoms with E-state index in [1.807, 2.05) is 54.9 Å². The minimum Gasteiger partial charge on any atom is -0.328 e. The topological polar surface area (TPSA) is 91.7 Å². The summed E-state index contributed by atoms with van der Waals surface area (Å²) in [4.78, 5) is 19.3. The molecule has 9 heteroatoms. The molecule has 0 radical (unpaired) electrons. The highest BCUT2D eigenvalue weighted by Crippen LogP contribution is 2.27. The van der Waals surface area contributed by atoms with Gasteiger partial charge in [-0.2, -0.15) is 10.2 Å².